The Hall–Kier alpha value is -1.36. The number of nitrogens with zero attached hydrogens (tertiary/aromatic N) is 3. The van der Waals surface area contributed by atoms with Crippen LogP contribution in [0.5, 0.6) is 0 Å². The van der Waals surface area contributed by atoms with Crippen molar-refractivity contribution in [1.82, 2.24) is 14.7 Å². The molecule has 0 aliphatic carbocycles. The van der Waals surface area contributed by atoms with E-state index in [0.29, 0.717) is 6.42 Å². The molecule has 0 saturated heterocycles. The maximum Gasteiger partial charge on any atom is 0.305 e. The minimum atomic E-state index is -0.139. The second-order valence-corrected chi connectivity index (χ2v) is 4.71. The summed E-state index contributed by atoms with van der Waals surface area (Å²) in [6.07, 6.45) is 2.27. The zero-order valence-corrected chi connectivity index (χ0v) is 12.5. The van der Waals surface area contributed by atoms with Gasteiger partial charge in [0.25, 0.3) is 0 Å². The van der Waals surface area contributed by atoms with E-state index < -0.39 is 0 Å². The van der Waals surface area contributed by atoms with Crippen molar-refractivity contribution in [3.05, 3.63) is 17.5 Å². The lowest BCUT2D eigenvalue weighted by atomic mass is 10.2. The van der Waals surface area contributed by atoms with E-state index in [1.54, 1.807) is 0 Å². The normalized spacial score (nSPS) is 11.0. The van der Waals surface area contributed by atoms with Crippen LogP contribution in [0, 0.1) is 0 Å². The van der Waals surface area contributed by atoms with Crippen LogP contribution < -0.4 is 0 Å². The molecule has 0 radical (unpaired) electrons. The summed E-state index contributed by atoms with van der Waals surface area (Å²) in [7, 11) is 3.49. The van der Waals surface area contributed by atoms with E-state index in [4.69, 9.17) is 0 Å². The molecule has 19 heavy (non-hydrogen) atoms. The molecule has 0 N–H and O–H groups in total. The highest BCUT2D eigenvalue weighted by Crippen LogP contribution is 2.09. The highest BCUT2D eigenvalue weighted by molar-refractivity contribution is 5.69. The monoisotopic (exact) mass is 267 g/mol. The first-order valence-electron chi connectivity index (χ1n) is 6.91. The van der Waals surface area contributed by atoms with Gasteiger partial charge in [-0.15, -0.1) is 0 Å². The summed E-state index contributed by atoms with van der Waals surface area (Å²) in [6.45, 7) is 6.86. The predicted octanol–water partition coefficient (Wildman–Crippen LogP) is 1.85. The zero-order valence-electron chi connectivity index (χ0n) is 12.5. The smallest absolute Gasteiger partial charge is 0.305 e. The zero-order chi connectivity index (χ0) is 14.3. The average Bonchev–Trinajstić information content (AvgIpc) is 2.80. The van der Waals surface area contributed by atoms with Gasteiger partial charge < -0.3 is 9.64 Å². The van der Waals surface area contributed by atoms with Gasteiger partial charge in [-0.1, -0.05) is 6.92 Å². The van der Waals surface area contributed by atoms with Crippen LogP contribution in [0.4, 0.5) is 0 Å². The number of rotatable bonds is 8. The number of hydrogen-bond acceptors (Lipinski definition) is 4. The maximum absolute atomic E-state index is 11.0. The maximum atomic E-state index is 11.0. The SMILES string of the molecule is CCc1cc(CN(C)CCCC(=O)OC)n(CC)n1. The highest BCUT2D eigenvalue weighted by atomic mass is 16.5. The van der Waals surface area contributed by atoms with Crippen molar-refractivity contribution < 1.29 is 9.53 Å². The van der Waals surface area contributed by atoms with Gasteiger partial charge in [0.2, 0.25) is 0 Å². The lowest BCUT2D eigenvalue weighted by molar-refractivity contribution is -0.140. The third-order valence-electron chi connectivity index (χ3n) is 3.16. The van der Waals surface area contributed by atoms with E-state index >= 15 is 0 Å². The predicted molar refractivity (Wildman–Crippen MR) is 74.9 cm³/mol. The summed E-state index contributed by atoms with van der Waals surface area (Å²) in [5.74, 6) is -0.139. The first-order valence-corrected chi connectivity index (χ1v) is 6.91. The van der Waals surface area contributed by atoms with Crippen LogP contribution in [-0.2, 0) is 29.0 Å². The summed E-state index contributed by atoms with van der Waals surface area (Å²) in [6, 6.07) is 2.17. The Morgan fingerprint density at radius 1 is 1.47 bits per heavy atom. The molecule has 108 valence electrons. The van der Waals surface area contributed by atoms with Crippen molar-refractivity contribution in [2.45, 2.75) is 46.2 Å². The molecule has 5 heteroatoms. The Kier molecular flexibility index (Phi) is 6.56. The van der Waals surface area contributed by atoms with Gasteiger partial charge in [-0.05, 0) is 39.4 Å². The molecule has 0 aliphatic heterocycles. The van der Waals surface area contributed by atoms with Crippen molar-refractivity contribution in [2.75, 3.05) is 20.7 Å². The first kappa shape index (κ1) is 15.7. The molecule has 0 atom stereocenters. The summed E-state index contributed by atoms with van der Waals surface area (Å²) < 4.78 is 6.68. The standard InChI is InChI=1S/C14H25N3O2/c1-5-12-10-13(17(6-2)15-12)11-16(3)9-7-8-14(18)19-4/h10H,5-9,11H2,1-4H3. The molecule has 0 spiro atoms. The molecule has 1 aromatic rings. The Morgan fingerprint density at radius 2 is 2.21 bits per heavy atom. The second kappa shape index (κ2) is 7.94. The van der Waals surface area contributed by atoms with Crippen molar-refractivity contribution in [1.29, 1.82) is 0 Å². The lowest BCUT2D eigenvalue weighted by Gasteiger charge is -2.16. The molecule has 0 bridgehead atoms. The second-order valence-electron chi connectivity index (χ2n) is 4.71. The molecule has 1 rings (SSSR count). The van der Waals surface area contributed by atoms with Gasteiger partial charge in [0.15, 0.2) is 0 Å². The van der Waals surface area contributed by atoms with Crippen molar-refractivity contribution in [2.24, 2.45) is 0 Å². The van der Waals surface area contributed by atoms with Gasteiger partial charge in [0.1, 0.15) is 0 Å². The Morgan fingerprint density at radius 3 is 2.79 bits per heavy atom. The summed E-state index contributed by atoms with van der Waals surface area (Å²) in [4.78, 5) is 13.3. The van der Waals surface area contributed by atoms with E-state index in [2.05, 4.69) is 46.4 Å². The summed E-state index contributed by atoms with van der Waals surface area (Å²) >= 11 is 0. The molecular weight excluding hydrogens is 242 g/mol. The third-order valence-corrected chi connectivity index (χ3v) is 3.16. The number of esters is 1. The van der Waals surface area contributed by atoms with Gasteiger partial charge in [-0.2, -0.15) is 5.10 Å². The van der Waals surface area contributed by atoms with E-state index in [0.717, 1.165) is 38.2 Å². The topological polar surface area (TPSA) is 47.4 Å². The van der Waals surface area contributed by atoms with Crippen LogP contribution >= 0.6 is 0 Å². The average molecular weight is 267 g/mol. The van der Waals surface area contributed by atoms with Crippen LogP contribution in [0.15, 0.2) is 6.07 Å². The quantitative estimate of drug-likeness (QED) is 0.674. The van der Waals surface area contributed by atoms with Crippen molar-refractivity contribution in [3.63, 3.8) is 0 Å². The molecule has 5 nitrogen and oxygen atoms in total. The molecule has 0 fully saturated rings. The number of hydrogen-bond donors (Lipinski definition) is 0. The Balaban J connectivity index is 2.45. The van der Waals surface area contributed by atoms with Gasteiger partial charge >= 0.3 is 5.97 Å². The molecular formula is C14H25N3O2. The van der Waals surface area contributed by atoms with E-state index in [-0.39, 0.29) is 5.97 Å². The van der Waals surface area contributed by atoms with Gasteiger partial charge in [0, 0.05) is 19.5 Å². The molecule has 1 heterocycles. The van der Waals surface area contributed by atoms with Crippen molar-refractivity contribution >= 4 is 5.97 Å². The lowest BCUT2D eigenvalue weighted by Crippen LogP contribution is -2.22. The summed E-state index contributed by atoms with van der Waals surface area (Å²) in [5.41, 5.74) is 2.37. The molecule has 0 amide bonds. The molecule has 0 aliphatic rings. The number of aryl methyl sites for hydroxylation is 2. The third kappa shape index (κ3) is 5.03. The summed E-state index contributed by atoms with van der Waals surface area (Å²) in [5, 5.41) is 4.54. The fourth-order valence-corrected chi connectivity index (χ4v) is 2.04. The Labute approximate surface area is 115 Å². The number of aromatic nitrogens is 2. The van der Waals surface area contributed by atoms with Crippen LogP contribution in [0.25, 0.3) is 0 Å². The fraction of sp³-hybridized carbons (Fsp3) is 0.714. The number of carbonyl (C=O) groups excluding carboxylic acids is 1. The van der Waals surface area contributed by atoms with E-state index in [1.807, 2.05) is 0 Å². The molecule has 1 aromatic heterocycles. The van der Waals surface area contributed by atoms with Gasteiger partial charge in [-0.25, -0.2) is 0 Å². The number of methoxy groups -OCH3 is 1. The minimum absolute atomic E-state index is 0.139. The number of carbonyl (C=O) groups is 1. The fourth-order valence-electron chi connectivity index (χ4n) is 2.04. The van der Waals surface area contributed by atoms with Crippen LogP contribution in [-0.4, -0.2) is 41.4 Å². The van der Waals surface area contributed by atoms with Crippen LogP contribution in [0.3, 0.4) is 0 Å². The van der Waals surface area contributed by atoms with E-state index in [1.165, 1.54) is 12.8 Å². The highest BCUT2D eigenvalue weighted by Gasteiger charge is 2.09. The van der Waals surface area contributed by atoms with Gasteiger partial charge in [0.05, 0.1) is 18.5 Å². The minimum Gasteiger partial charge on any atom is -0.469 e. The Bertz CT molecular complexity index is 401. The largest absolute Gasteiger partial charge is 0.469 e. The van der Waals surface area contributed by atoms with Gasteiger partial charge in [-0.3, -0.25) is 9.48 Å². The first-order chi connectivity index (χ1) is 9.10. The number of ether oxygens (including phenoxy) is 1. The molecule has 0 saturated carbocycles. The van der Waals surface area contributed by atoms with E-state index in [9.17, 15) is 4.79 Å². The van der Waals surface area contributed by atoms with Crippen molar-refractivity contribution in [3.8, 4) is 0 Å². The van der Waals surface area contributed by atoms with Crippen LogP contribution in [0.2, 0.25) is 0 Å². The molecule has 0 aromatic carbocycles. The molecule has 0 unspecified atom stereocenters. The van der Waals surface area contributed by atoms with Crippen LogP contribution in [0.1, 0.15) is 38.1 Å².